The van der Waals surface area contributed by atoms with E-state index >= 15 is 0 Å². The van der Waals surface area contributed by atoms with Crippen LogP contribution < -0.4 is 9.30 Å². The molecule has 0 saturated heterocycles. The quantitative estimate of drug-likeness (QED) is 0.123. The molecule has 0 amide bonds. The fourth-order valence-electron chi connectivity index (χ4n) is 12.7. The molecule has 88 heavy (non-hydrogen) atoms. The van der Waals surface area contributed by atoms with Crippen molar-refractivity contribution in [1.82, 2.24) is 18.7 Å². The van der Waals surface area contributed by atoms with Crippen molar-refractivity contribution in [3.8, 4) is 78.9 Å². The number of aromatic nitrogens is 5. The molecule has 1 aliphatic carbocycles. The van der Waals surface area contributed by atoms with Crippen LogP contribution in [-0.4, -0.2) is 18.7 Å². The molecule has 430 valence electrons. The van der Waals surface area contributed by atoms with E-state index in [0.717, 1.165) is 44.2 Å². The van der Waals surface area contributed by atoms with Gasteiger partial charge in [-0.3, -0.25) is 13.7 Å². The van der Waals surface area contributed by atoms with Crippen molar-refractivity contribution in [2.24, 2.45) is 0 Å². The van der Waals surface area contributed by atoms with E-state index < -0.39 is 162 Å². The molecule has 0 N–H and O–H groups in total. The average molecular weight is 1170 g/mol. The van der Waals surface area contributed by atoms with Gasteiger partial charge >= 0.3 is 0 Å². The van der Waals surface area contributed by atoms with Gasteiger partial charge in [0.1, 0.15) is 17.3 Å². The van der Waals surface area contributed by atoms with E-state index in [9.17, 15) is 28.8 Å². The lowest BCUT2D eigenvalue weighted by Gasteiger charge is -2.42. The van der Waals surface area contributed by atoms with Crippen molar-refractivity contribution in [3.63, 3.8) is 0 Å². The van der Waals surface area contributed by atoms with Crippen LogP contribution in [-0.2, 0) is 21.7 Å². The molecule has 0 saturated carbocycles. The van der Waals surface area contributed by atoms with E-state index in [1.807, 2.05) is 133 Å². The number of hydrogen-bond donors (Lipinski definition) is 0. The van der Waals surface area contributed by atoms with Gasteiger partial charge in [-0.05, 0) is 174 Å². The number of benzene rings is 10. The fraction of sp³-hybridized carbons (Fsp3) is 0.195. The van der Waals surface area contributed by atoms with Crippen LogP contribution in [0.3, 0.4) is 0 Å². The zero-order chi connectivity index (χ0) is 83.3. The van der Waals surface area contributed by atoms with Gasteiger partial charge in [-0.15, -0.1) is 0 Å². The molecule has 0 spiro atoms. The molecule has 10 aromatic carbocycles. The molecule has 2 aliphatic rings. The lowest BCUT2D eigenvalue weighted by molar-refractivity contribution is -0.571. The van der Waals surface area contributed by atoms with Crippen LogP contribution in [0.1, 0.15) is 141 Å². The Kier molecular flexibility index (Phi) is 7.10. The van der Waals surface area contributed by atoms with E-state index in [1.165, 1.54) is 15.2 Å². The molecular weight excluding hydrogens is 1070 g/mol. The minimum Gasteiger partial charge on any atom is -0.458 e. The van der Waals surface area contributed by atoms with Crippen LogP contribution in [0.2, 0.25) is 0 Å². The topological polar surface area (TPSA) is 40.8 Å². The van der Waals surface area contributed by atoms with Gasteiger partial charge in [-0.1, -0.05) is 208 Å². The second-order valence-corrected chi connectivity index (χ2v) is 24.7. The largest absolute Gasteiger partial charge is 0.458 e. The maximum absolute atomic E-state index is 10.6. The molecular formula is C82H71N5O. The summed E-state index contributed by atoms with van der Waals surface area (Å²) < 4.78 is 272. The molecule has 0 bridgehead atoms. The third-order valence-electron chi connectivity index (χ3n) is 17.0. The Bertz CT molecular complexity index is 6500. The van der Waals surface area contributed by atoms with Gasteiger partial charge in [0.2, 0.25) is 0 Å². The van der Waals surface area contributed by atoms with E-state index in [2.05, 4.69) is 27.1 Å². The molecule has 0 fully saturated rings. The lowest BCUT2D eigenvalue weighted by Crippen LogP contribution is -2.33. The zero-order valence-electron chi connectivity index (χ0n) is 75.7. The second kappa shape index (κ2) is 19.4. The van der Waals surface area contributed by atoms with E-state index in [-0.39, 0.29) is 50.3 Å². The summed E-state index contributed by atoms with van der Waals surface area (Å²) in [4.78, 5) is 4.86. The Morgan fingerprint density at radius 1 is 0.511 bits per heavy atom. The highest BCUT2D eigenvalue weighted by atomic mass is 16.5. The highest BCUT2D eigenvalue weighted by Crippen LogP contribution is 2.51. The second-order valence-electron chi connectivity index (χ2n) is 24.7. The molecule has 4 aromatic heterocycles. The van der Waals surface area contributed by atoms with Gasteiger partial charge in [-0.25, -0.2) is 4.98 Å². The predicted molar refractivity (Wildman–Crippen MR) is 365 cm³/mol. The first-order chi connectivity index (χ1) is 53.5. The van der Waals surface area contributed by atoms with Crippen LogP contribution in [0.4, 0.5) is 0 Å². The van der Waals surface area contributed by atoms with Gasteiger partial charge in [-0.2, -0.15) is 0 Å². The molecule has 5 heterocycles. The monoisotopic (exact) mass is 1170 g/mol. The van der Waals surface area contributed by atoms with Gasteiger partial charge in [0, 0.05) is 55.7 Å². The van der Waals surface area contributed by atoms with Crippen LogP contribution in [0, 0.1) is 6.33 Å². The fourth-order valence-corrected chi connectivity index (χ4v) is 12.7. The van der Waals surface area contributed by atoms with E-state index in [0.29, 0.717) is 33.9 Å². The number of pyridine rings is 1. The van der Waals surface area contributed by atoms with Crippen LogP contribution in [0.25, 0.3) is 122 Å². The van der Waals surface area contributed by atoms with Crippen LogP contribution in [0.15, 0.2) is 224 Å². The normalized spacial score (nSPS) is 20.5. The zero-order valence-corrected chi connectivity index (χ0v) is 48.7. The SMILES string of the molecule is [2H]c1c([2H])c([2H])c2c(c1[2H])-c1cc(C(C)(C)C)cc(-n3c4ccccc4c4ccccc43)c1-[n+]1[c-]n(-c3cccc(Oc4ccc5c6ccccc6n(-c6cc(C(C)(C)C)ccn6)c5c4)c3)c3cc(-c4c([2H])c([2H])c5c(c4[2H])C(C([2H])([2H])[2H])(C([2H])([2H])[2H])C([2H])([2H])C([2H])([2H])C5(C([2H])([2H])[2H])C([2H])([2H])[2H])cc(c31)-c1c([2H])c([2H])c([2H])c([2H])c1-2. The number of imidazole rings is 1. The van der Waals surface area contributed by atoms with Crippen LogP contribution in [0.5, 0.6) is 11.5 Å². The minimum atomic E-state index is -4.70. The number of ether oxygens (including phenoxy) is 1. The molecule has 16 rings (SSSR count). The van der Waals surface area contributed by atoms with Gasteiger partial charge < -0.3 is 9.30 Å². The number of para-hydroxylation sites is 3. The lowest BCUT2D eigenvalue weighted by atomic mass is 9.63. The number of hydrogen-bond acceptors (Lipinski definition) is 2. The summed E-state index contributed by atoms with van der Waals surface area (Å²) in [5.74, 6) is 1.16. The summed E-state index contributed by atoms with van der Waals surface area (Å²) in [6.45, 7) is -5.51. The first-order valence-electron chi connectivity index (χ1n) is 42.4. The Morgan fingerprint density at radius 2 is 1.10 bits per heavy atom. The summed E-state index contributed by atoms with van der Waals surface area (Å²) in [5.41, 5.74) is -12.4. The first kappa shape index (κ1) is 32.3. The summed E-state index contributed by atoms with van der Waals surface area (Å²) in [6, 6.07) is 34.1. The van der Waals surface area contributed by atoms with Gasteiger partial charge in [0.05, 0.1) is 65.2 Å². The van der Waals surface area contributed by atoms with Crippen molar-refractivity contribution in [2.45, 2.75) is 103 Å². The molecule has 14 aromatic rings. The van der Waals surface area contributed by atoms with Crippen molar-refractivity contribution in [2.75, 3.05) is 0 Å². The third kappa shape index (κ3) is 8.43. The molecule has 0 unspecified atom stereocenters. The Morgan fingerprint density at radius 3 is 1.75 bits per heavy atom. The smallest absolute Gasteiger partial charge is 0.269 e. The number of rotatable bonds is 6. The maximum atomic E-state index is 10.6. The standard InChI is InChI=1S/C82H71N5O/c1-79(2,3)53-38-41-83-76(47-53)87-72-33-20-17-30-64(72)65-36-35-57(49-73(65)87)88-56-23-21-22-55(48-56)84-50-85-77-66(42-52(44-74(77)84)51-34-37-68-69(43-51)82(9,10)40-39-81(68,7)8)60-26-13-11-24-58(60)59-25-12-14-27-61(59)67-45-54(80(4,5)6)46-75(78(67)85)86-70-31-18-15-28-62(70)63-29-16-19-32-71(63)86/h11-38,41-49H,39-40H2,1-10H3/i7D3,8D3,9D3,10D3,11D,12D,13D,14D,24D,25D,26D,27D,34D,37D,39D2,40D2,43D. The van der Waals surface area contributed by atoms with Crippen LogP contribution >= 0.6 is 0 Å². The number of nitrogens with zero attached hydrogens (tertiary/aromatic N) is 5. The summed E-state index contributed by atoms with van der Waals surface area (Å²) >= 11 is 0. The Balaban J connectivity index is 1.11. The maximum Gasteiger partial charge on any atom is 0.269 e. The molecule has 1 aliphatic heterocycles. The predicted octanol–water partition coefficient (Wildman–Crippen LogP) is 21.0. The minimum absolute atomic E-state index is 0.0642. The molecule has 6 nitrogen and oxygen atoms in total. The number of fused-ring (bicyclic) bond motifs is 14. The molecule has 0 radical (unpaired) electrons. The van der Waals surface area contributed by atoms with Gasteiger partial charge in [0.25, 0.3) is 6.33 Å². The van der Waals surface area contributed by atoms with Crippen molar-refractivity contribution < 1.29 is 46.3 Å². The average Bonchev–Trinajstić information content (AvgIpc) is 0.980. The van der Waals surface area contributed by atoms with Crippen molar-refractivity contribution in [1.29, 1.82) is 0 Å². The van der Waals surface area contributed by atoms with E-state index in [4.69, 9.17) is 17.9 Å². The molecule has 0 atom stereocenters. The summed E-state index contributed by atoms with van der Waals surface area (Å²) in [6.07, 6.45) is -4.03. The van der Waals surface area contributed by atoms with E-state index in [1.54, 1.807) is 42.6 Å². The Labute approximate surface area is 553 Å². The summed E-state index contributed by atoms with van der Waals surface area (Å²) in [7, 11) is 0. The van der Waals surface area contributed by atoms with Crippen molar-refractivity contribution >= 4 is 54.6 Å². The first-order valence-corrected chi connectivity index (χ1v) is 28.9. The van der Waals surface area contributed by atoms with Crippen molar-refractivity contribution in [3.05, 3.63) is 253 Å². The highest BCUT2D eigenvalue weighted by molar-refractivity contribution is 6.11. The van der Waals surface area contributed by atoms with Gasteiger partial charge in [0.15, 0.2) is 0 Å². The summed E-state index contributed by atoms with van der Waals surface area (Å²) in [5, 5.41) is 3.35. The highest BCUT2D eigenvalue weighted by Gasteiger charge is 2.38. The third-order valence-corrected chi connectivity index (χ3v) is 17.0. The Hall–Kier alpha value is -9.78. The molecule has 6 heteroatoms.